The quantitative estimate of drug-likeness (QED) is 0.695. The maximum absolute atomic E-state index is 13.0. The lowest BCUT2D eigenvalue weighted by atomic mass is 9.90. The van der Waals surface area contributed by atoms with Crippen LogP contribution in [0.3, 0.4) is 0 Å². The molecule has 2 heterocycles. The minimum Gasteiger partial charge on any atom is -0.370 e. The molecule has 3 rings (SSSR count). The van der Waals surface area contributed by atoms with Gasteiger partial charge in [-0.2, -0.15) is 0 Å². The smallest absolute Gasteiger partial charge is 0.272 e. The molecule has 0 unspecified atom stereocenters. The summed E-state index contributed by atoms with van der Waals surface area (Å²) in [5, 5.41) is 3.32. The molecule has 1 amide bonds. The number of piperidine rings is 1. The fourth-order valence-electron chi connectivity index (χ4n) is 3.83. The van der Waals surface area contributed by atoms with Gasteiger partial charge in [0.2, 0.25) is 0 Å². The van der Waals surface area contributed by atoms with Gasteiger partial charge in [-0.15, -0.1) is 0 Å². The third-order valence-electron chi connectivity index (χ3n) is 5.41. The van der Waals surface area contributed by atoms with Crippen LogP contribution >= 0.6 is 0 Å². The first-order chi connectivity index (χ1) is 14.0. The second kappa shape index (κ2) is 10.3. The number of carbonyl (C=O) groups is 1. The monoisotopic (exact) mass is 395 g/mol. The van der Waals surface area contributed by atoms with E-state index in [0.717, 1.165) is 57.7 Å². The van der Waals surface area contributed by atoms with E-state index in [0.29, 0.717) is 17.4 Å². The first-order valence-electron chi connectivity index (χ1n) is 10.6. The summed E-state index contributed by atoms with van der Waals surface area (Å²) in [5.41, 5.74) is 1.88. The number of likely N-dealkylation sites (tertiary alicyclic amines) is 1. The Labute approximate surface area is 174 Å². The zero-order valence-electron chi connectivity index (χ0n) is 17.9. The van der Waals surface area contributed by atoms with Crippen LogP contribution in [0.1, 0.15) is 41.1 Å². The summed E-state index contributed by atoms with van der Waals surface area (Å²) in [6, 6.07) is 12.4. The van der Waals surface area contributed by atoms with Gasteiger partial charge in [0, 0.05) is 25.7 Å². The number of rotatable bonds is 8. The molecule has 2 aromatic rings. The Hall–Kier alpha value is -2.47. The molecule has 1 fully saturated rings. The molecule has 1 aliphatic heterocycles. The summed E-state index contributed by atoms with van der Waals surface area (Å²) in [5.74, 6) is 2.02. The lowest BCUT2D eigenvalue weighted by Crippen LogP contribution is -2.39. The Bertz CT molecular complexity index is 785. The number of hydrogen-bond acceptors (Lipinski definition) is 5. The predicted molar refractivity (Wildman–Crippen MR) is 117 cm³/mol. The second-order valence-corrected chi connectivity index (χ2v) is 8.19. The van der Waals surface area contributed by atoms with E-state index in [9.17, 15) is 4.79 Å². The van der Waals surface area contributed by atoms with E-state index in [4.69, 9.17) is 0 Å². The highest BCUT2D eigenvalue weighted by atomic mass is 16.2. The SMILES string of the molecule is Cc1nc(NCCCN(C)C)cc(C(=O)N2CCC(Cc3ccccc3)CC2)n1. The minimum atomic E-state index is 0.0185. The van der Waals surface area contributed by atoms with E-state index in [1.807, 2.05) is 11.8 Å². The number of nitrogens with zero attached hydrogens (tertiary/aromatic N) is 4. The van der Waals surface area contributed by atoms with Gasteiger partial charge >= 0.3 is 0 Å². The Morgan fingerprint density at radius 3 is 2.59 bits per heavy atom. The molecule has 156 valence electrons. The van der Waals surface area contributed by atoms with Crippen LogP contribution in [0.4, 0.5) is 5.82 Å². The summed E-state index contributed by atoms with van der Waals surface area (Å²) < 4.78 is 0. The van der Waals surface area contributed by atoms with Crippen LogP contribution in [-0.4, -0.2) is 65.9 Å². The van der Waals surface area contributed by atoms with Gasteiger partial charge in [-0.3, -0.25) is 4.79 Å². The maximum Gasteiger partial charge on any atom is 0.272 e. The Morgan fingerprint density at radius 2 is 1.90 bits per heavy atom. The molecule has 1 aromatic carbocycles. The molecule has 29 heavy (non-hydrogen) atoms. The van der Waals surface area contributed by atoms with Gasteiger partial charge in [0.05, 0.1) is 0 Å². The molecule has 1 aromatic heterocycles. The van der Waals surface area contributed by atoms with Crippen molar-refractivity contribution < 1.29 is 4.79 Å². The molecule has 6 nitrogen and oxygen atoms in total. The van der Waals surface area contributed by atoms with Crippen LogP contribution < -0.4 is 5.32 Å². The standard InChI is InChI=1S/C23H33N5O/c1-18-25-21(17-22(26-18)24-12-7-13-27(2)3)23(29)28-14-10-20(11-15-28)16-19-8-5-4-6-9-19/h4-6,8-9,17,20H,7,10-16H2,1-3H3,(H,24,25,26). The number of carbonyl (C=O) groups excluding carboxylic acids is 1. The van der Waals surface area contributed by atoms with Crippen LogP contribution in [0.5, 0.6) is 0 Å². The van der Waals surface area contributed by atoms with Gasteiger partial charge in [-0.25, -0.2) is 9.97 Å². The van der Waals surface area contributed by atoms with Gasteiger partial charge in [0.25, 0.3) is 5.91 Å². The third kappa shape index (κ3) is 6.53. The molecular formula is C23H33N5O. The van der Waals surface area contributed by atoms with Crippen LogP contribution in [0.2, 0.25) is 0 Å². The van der Waals surface area contributed by atoms with Crippen LogP contribution in [-0.2, 0) is 6.42 Å². The molecule has 6 heteroatoms. The van der Waals surface area contributed by atoms with E-state index in [1.54, 1.807) is 6.07 Å². The Morgan fingerprint density at radius 1 is 1.17 bits per heavy atom. The molecule has 0 spiro atoms. The lowest BCUT2D eigenvalue weighted by Gasteiger charge is -2.32. The molecule has 0 aliphatic carbocycles. The molecule has 0 bridgehead atoms. The lowest BCUT2D eigenvalue weighted by molar-refractivity contribution is 0.0684. The summed E-state index contributed by atoms with van der Waals surface area (Å²) in [6.45, 7) is 5.28. The van der Waals surface area contributed by atoms with Crippen molar-refractivity contribution >= 4 is 11.7 Å². The summed E-state index contributed by atoms with van der Waals surface area (Å²) in [7, 11) is 4.13. The number of hydrogen-bond donors (Lipinski definition) is 1. The third-order valence-corrected chi connectivity index (χ3v) is 5.41. The zero-order chi connectivity index (χ0) is 20.6. The summed E-state index contributed by atoms with van der Waals surface area (Å²) in [6.07, 6.45) is 4.20. The molecule has 0 saturated carbocycles. The average Bonchev–Trinajstić information content (AvgIpc) is 2.71. The Balaban J connectivity index is 1.53. The molecule has 1 aliphatic rings. The largest absolute Gasteiger partial charge is 0.370 e. The van der Waals surface area contributed by atoms with Crippen molar-refractivity contribution in [3.8, 4) is 0 Å². The van der Waals surface area contributed by atoms with E-state index in [-0.39, 0.29) is 5.91 Å². The van der Waals surface area contributed by atoms with Crippen molar-refractivity contribution in [3.63, 3.8) is 0 Å². The number of amides is 1. The highest BCUT2D eigenvalue weighted by Crippen LogP contribution is 2.23. The normalized spacial score (nSPS) is 15.0. The number of anilines is 1. The minimum absolute atomic E-state index is 0.0185. The zero-order valence-corrected chi connectivity index (χ0v) is 17.9. The molecule has 1 N–H and O–H groups in total. The van der Waals surface area contributed by atoms with E-state index < -0.39 is 0 Å². The fourth-order valence-corrected chi connectivity index (χ4v) is 3.83. The average molecular weight is 396 g/mol. The van der Waals surface area contributed by atoms with Gasteiger partial charge in [-0.1, -0.05) is 30.3 Å². The van der Waals surface area contributed by atoms with E-state index >= 15 is 0 Å². The van der Waals surface area contributed by atoms with Gasteiger partial charge < -0.3 is 15.1 Å². The van der Waals surface area contributed by atoms with Gasteiger partial charge in [0.15, 0.2) is 0 Å². The highest BCUT2D eigenvalue weighted by Gasteiger charge is 2.25. The fraction of sp³-hybridized carbons (Fsp3) is 0.522. The van der Waals surface area contributed by atoms with Crippen LogP contribution in [0.25, 0.3) is 0 Å². The molecular weight excluding hydrogens is 362 g/mol. The van der Waals surface area contributed by atoms with Crippen molar-refractivity contribution in [1.82, 2.24) is 19.8 Å². The van der Waals surface area contributed by atoms with Crippen LogP contribution in [0.15, 0.2) is 36.4 Å². The van der Waals surface area contributed by atoms with Crippen LogP contribution in [0, 0.1) is 12.8 Å². The van der Waals surface area contributed by atoms with E-state index in [1.165, 1.54) is 5.56 Å². The predicted octanol–water partition coefficient (Wildman–Crippen LogP) is 3.24. The van der Waals surface area contributed by atoms with E-state index in [2.05, 4.69) is 64.6 Å². The number of benzene rings is 1. The number of aromatic nitrogens is 2. The van der Waals surface area contributed by atoms with Crippen molar-refractivity contribution in [1.29, 1.82) is 0 Å². The number of aryl methyl sites for hydroxylation is 1. The number of nitrogens with one attached hydrogen (secondary N) is 1. The van der Waals surface area contributed by atoms with Gasteiger partial charge in [-0.05, 0) is 64.7 Å². The van der Waals surface area contributed by atoms with Crippen molar-refractivity contribution in [2.24, 2.45) is 5.92 Å². The maximum atomic E-state index is 13.0. The van der Waals surface area contributed by atoms with Crippen molar-refractivity contribution in [2.75, 3.05) is 45.6 Å². The second-order valence-electron chi connectivity index (χ2n) is 8.19. The Kier molecular flexibility index (Phi) is 7.58. The molecule has 1 saturated heterocycles. The summed E-state index contributed by atoms with van der Waals surface area (Å²) >= 11 is 0. The highest BCUT2D eigenvalue weighted by molar-refractivity contribution is 5.93. The summed E-state index contributed by atoms with van der Waals surface area (Å²) in [4.78, 5) is 25.9. The van der Waals surface area contributed by atoms with Crippen molar-refractivity contribution in [3.05, 3.63) is 53.5 Å². The van der Waals surface area contributed by atoms with Crippen molar-refractivity contribution in [2.45, 2.75) is 32.6 Å². The molecule has 0 radical (unpaired) electrons. The topological polar surface area (TPSA) is 61.4 Å². The van der Waals surface area contributed by atoms with Gasteiger partial charge in [0.1, 0.15) is 17.3 Å². The molecule has 0 atom stereocenters. The first-order valence-corrected chi connectivity index (χ1v) is 10.6. The first kappa shape index (κ1) is 21.2.